The van der Waals surface area contributed by atoms with Gasteiger partial charge in [0.25, 0.3) is 5.91 Å². The summed E-state index contributed by atoms with van der Waals surface area (Å²) in [5.74, 6) is -0.533. The number of carbonyl (C=O) groups excluding carboxylic acids is 1. The van der Waals surface area contributed by atoms with Crippen LogP contribution in [0, 0.1) is 24.1 Å². The lowest BCUT2D eigenvalue weighted by molar-refractivity contribution is 0.0601. The predicted molar refractivity (Wildman–Crippen MR) is 137 cm³/mol. The number of aromatic amines is 1. The Kier molecular flexibility index (Phi) is 5.93. The van der Waals surface area contributed by atoms with Gasteiger partial charge in [0, 0.05) is 11.6 Å². The third-order valence-corrected chi connectivity index (χ3v) is 7.51. The van der Waals surface area contributed by atoms with E-state index in [9.17, 15) is 4.79 Å². The molecule has 0 spiro atoms. The minimum Gasteiger partial charge on any atom is -0.494 e. The summed E-state index contributed by atoms with van der Waals surface area (Å²) in [6.07, 6.45) is 1.42. The molecule has 2 heterocycles. The summed E-state index contributed by atoms with van der Waals surface area (Å²) in [5.41, 5.74) is 3.15. The number of aromatic nitrogens is 2. The molecule has 1 atom stereocenters. The van der Waals surface area contributed by atoms with Gasteiger partial charge in [-0.1, -0.05) is 23.7 Å². The van der Waals surface area contributed by atoms with Gasteiger partial charge in [-0.15, -0.1) is 0 Å². The number of aryl methyl sites for hydroxylation is 1. The van der Waals surface area contributed by atoms with Crippen molar-refractivity contribution >= 4 is 28.5 Å². The van der Waals surface area contributed by atoms with E-state index in [0.29, 0.717) is 40.5 Å². The second-order valence-corrected chi connectivity index (χ2v) is 9.59. The molecule has 1 saturated heterocycles. The van der Waals surface area contributed by atoms with Gasteiger partial charge in [-0.3, -0.25) is 4.79 Å². The molecule has 8 heteroatoms. The number of hydrogen-bond donors (Lipinski definition) is 1. The number of likely N-dealkylation sites (tertiary alicyclic amines) is 1. The smallest absolute Gasteiger partial charge is 0.258 e. The molecule has 0 aliphatic carbocycles. The second-order valence-electron chi connectivity index (χ2n) is 9.18. The monoisotopic (exact) mass is 502 g/mol. The number of rotatable bonds is 4. The van der Waals surface area contributed by atoms with Crippen LogP contribution < -0.4 is 4.74 Å². The number of nitrogens with zero attached hydrogens (tertiary/aromatic N) is 3. The SMILES string of the molecule is COc1ccc(-c2ccc(C#N)cc2)c(C(=O)N2CCCC2(C)c2nc3c(C)c(Cl)ccc3[nH]2)c1F. The van der Waals surface area contributed by atoms with Crippen molar-refractivity contribution in [1.29, 1.82) is 5.26 Å². The Labute approximate surface area is 213 Å². The Bertz CT molecular complexity index is 1540. The van der Waals surface area contributed by atoms with Gasteiger partial charge < -0.3 is 14.6 Å². The lowest BCUT2D eigenvalue weighted by Gasteiger charge is -2.34. The molecule has 1 unspecified atom stereocenters. The van der Waals surface area contributed by atoms with E-state index in [4.69, 9.17) is 26.6 Å². The minimum atomic E-state index is -0.771. The lowest BCUT2D eigenvalue weighted by Crippen LogP contribution is -2.44. The average molecular weight is 503 g/mol. The van der Waals surface area contributed by atoms with Gasteiger partial charge in [0.15, 0.2) is 11.6 Å². The number of ether oxygens (including phenoxy) is 1. The molecule has 182 valence electrons. The average Bonchev–Trinajstić information content (AvgIpc) is 3.51. The first-order valence-corrected chi connectivity index (χ1v) is 12.0. The molecule has 1 N–H and O–H groups in total. The molecule has 0 radical (unpaired) electrons. The van der Waals surface area contributed by atoms with Crippen LogP contribution in [0.5, 0.6) is 5.75 Å². The maximum Gasteiger partial charge on any atom is 0.258 e. The summed E-state index contributed by atoms with van der Waals surface area (Å²) in [6, 6.07) is 15.7. The molecule has 1 aliphatic rings. The first-order valence-electron chi connectivity index (χ1n) is 11.6. The normalized spacial score (nSPS) is 17.4. The maximum atomic E-state index is 15.7. The Morgan fingerprint density at radius 1 is 1.22 bits per heavy atom. The van der Waals surface area contributed by atoms with E-state index in [0.717, 1.165) is 23.0 Å². The summed E-state index contributed by atoms with van der Waals surface area (Å²) >= 11 is 6.30. The molecular formula is C28H24ClFN4O2. The number of halogens is 2. The largest absolute Gasteiger partial charge is 0.494 e. The quantitative estimate of drug-likeness (QED) is 0.352. The van der Waals surface area contributed by atoms with E-state index in [1.807, 2.05) is 26.0 Å². The van der Waals surface area contributed by atoms with Gasteiger partial charge in [-0.25, -0.2) is 9.37 Å². The van der Waals surface area contributed by atoms with Crippen molar-refractivity contribution in [2.75, 3.05) is 13.7 Å². The molecule has 5 rings (SSSR count). The fourth-order valence-corrected chi connectivity index (χ4v) is 5.15. The highest BCUT2D eigenvalue weighted by Crippen LogP contribution is 2.41. The zero-order valence-electron chi connectivity index (χ0n) is 20.2. The number of H-pyrrole nitrogens is 1. The second kappa shape index (κ2) is 8.96. The third-order valence-electron chi connectivity index (χ3n) is 7.10. The fourth-order valence-electron chi connectivity index (χ4n) is 5.00. The number of methoxy groups -OCH3 is 1. The molecule has 1 amide bonds. The zero-order chi connectivity index (χ0) is 25.6. The minimum absolute atomic E-state index is 0.00866. The number of fused-ring (bicyclic) bond motifs is 1. The van der Waals surface area contributed by atoms with Gasteiger partial charge in [-0.05, 0) is 79.8 Å². The summed E-state index contributed by atoms with van der Waals surface area (Å²) in [5, 5.41) is 9.77. The van der Waals surface area contributed by atoms with Crippen LogP contribution in [0.25, 0.3) is 22.2 Å². The Balaban J connectivity index is 1.63. The highest BCUT2D eigenvalue weighted by Gasteiger charge is 2.45. The van der Waals surface area contributed by atoms with Crippen LogP contribution in [-0.4, -0.2) is 34.4 Å². The number of hydrogen-bond acceptors (Lipinski definition) is 4. The number of nitrogens with one attached hydrogen (secondary N) is 1. The fraction of sp³-hybridized carbons (Fsp3) is 0.250. The van der Waals surface area contributed by atoms with Gasteiger partial charge in [-0.2, -0.15) is 5.26 Å². The molecule has 1 fully saturated rings. The predicted octanol–water partition coefficient (Wildman–Crippen LogP) is 6.36. The molecular weight excluding hydrogens is 479 g/mol. The molecule has 3 aromatic carbocycles. The zero-order valence-corrected chi connectivity index (χ0v) is 20.9. The third kappa shape index (κ3) is 3.69. The Hall–Kier alpha value is -3.89. The Morgan fingerprint density at radius 2 is 1.97 bits per heavy atom. The van der Waals surface area contributed by atoms with Gasteiger partial charge >= 0.3 is 0 Å². The molecule has 0 bridgehead atoms. The van der Waals surface area contributed by atoms with Crippen molar-refractivity contribution in [2.45, 2.75) is 32.2 Å². The highest BCUT2D eigenvalue weighted by molar-refractivity contribution is 6.32. The first kappa shape index (κ1) is 23.8. The Morgan fingerprint density at radius 3 is 2.67 bits per heavy atom. The lowest BCUT2D eigenvalue weighted by atomic mass is 9.94. The van der Waals surface area contributed by atoms with Crippen molar-refractivity contribution in [3.8, 4) is 22.9 Å². The molecule has 0 saturated carbocycles. The van der Waals surface area contributed by atoms with Crippen LogP contribution in [-0.2, 0) is 5.54 Å². The standard InChI is InChI=1S/C28H24ClFN4O2/c1-16-20(29)10-11-21-25(16)33-27(32-21)28(2)13-4-14-34(28)26(35)23-19(9-12-22(36-3)24(23)30)18-7-5-17(15-31)6-8-18/h5-12H,4,13-14H2,1-3H3,(H,32,33). The van der Waals surface area contributed by atoms with Crippen molar-refractivity contribution < 1.29 is 13.9 Å². The van der Waals surface area contributed by atoms with Gasteiger partial charge in [0.05, 0.1) is 40.9 Å². The highest BCUT2D eigenvalue weighted by atomic mass is 35.5. The van der Waals surface area contributed by atoms with E-state index in [1.54, 1.807) is 35.2 Å². The molecule has 1 aromatic heterocycles. The molecule has 4 aromatic rings. The molecule has 36 heavy (non-hydrogen) atoms. The van der Waals surface area contributed by atoms with Crippen LogP contribution in [0.3, 0.4) is 0 Å². The van der Waals surface area contributed by atoms with Crippen LogP contribution >= 0.6 is 11.6 Å². The summed E-state index contributed by atoms with van der Waals surface area (Å²) in [6.45, 7) is 4.31. The van der Waals surface area contributed by atoms with Crippen LogP contribution in [0.15, 0.2) is 48.5 Å². The number of amides is 1. The van der Waals surface area contributed by atoms with Gasteiger partial charge in [0.1, 0.15) is 5.82 Å². The molecule has 1 aliphatic heterocycles. The molecule has 6 nitrogen and oxygen atoms in total. The number of carbonyl (C=O) groups is 1. The summed E-state index contributed by atoms with van der Waals surface area (Å²) < 4.78 is 20.9. The summed E-state index contributed by atoms with van der Waals surface area (Å²) in [7, 11) is 1.37. The van der Waals surface area contributed by atoms with Crippen LogP contribution in [0.2, 0.25) is 5.02 Å². The van der Waals surface area contributed by atoms with E-state index in [2.05, 4.69) is 11.1 Å². The van der Waals surface area contributed by atoms with E-state index in [-0.39, 0.29) is 11.3 Å². The number of imidazole rings is 1. The summed E-state index contributed by atoms with van der Waals surface area (Å²) in [4.78, 5) is 24.0. The first-order chi connectivity index (χ1) is 17.3. The van der Waals surface area contributed by atoms with Crippen molar-refractivity contribution in [1.82, 2.24) is 14.9 Å². The number of nitriles is 1. The van der Waals surface area contributed by atoms with E-state index in [1.165, 1.54) is 13.2 Å². The van der Waals surface area contributed by atoms with E-state index >= 15 is 4.39 Å². The topological polar surface area (TPSA) is 82.0 Å². The van der Waals surface area contributed by atoms with Crippen LogP contribution in [0.1, 0.15) is 47.1 Å². The van der Waals surface area contributed by atoms with E-state index < -0.39 is 17.3 Å². The van der Waals surface area contributed by atoms with Crippen molar-refractivity contribution in [2.24, 2.45) is 0 Å². The number of benzene rings is 3. The van der Waals surface area contributed by atoms with Crippen molar-refractivity contribution in [3.63, 3.8) is 0 Å². The van der Waals surface area contributed by atoms with Gasteiger partial charge in [0.2, 0.25) is 0 Å². The van der Waals surface area contributed by atoms with Crippen molar-refractivity contribution in [3.05, 3.63) is 81.9 Å². The maximum absolute atomic E-state index is 15.7. The van der Waals surface area contributed by atoms with Crippen LogP contribution in [0.4, 0.5) is 4.39 Å².